The monoisotopic (exact) mass is 713 g/mol. The largest absolute Gasteiger partial charge is 0.343 e. The van der Waals surface area contributed by atoms with Gasteiger partial charge in [-0.3, -0.25) is 19.7 Å². The molecule has 2 heterocycles. The second-order valence-electron chi connectivity index (χ2n) is 13.3. The number of carbonyl (C=O) groups is 3. The lowest BCUT2D eigenvalue weighted by Gasteiger charge is -2.42. The van der Waals surface area contributed by atoms with Gasteiger partial charge in [-0.2, -0.15) is 0 Å². The van der Waals surface area contributed by atoms with Crippen molar-refractivity contribution in [1.29, 1.82) is 0 Å². The van der Waals surface area contributed by atoms with Crippen LogP contribution in [0.2, 0.25) is 10.0 Å². The molecule has 3 amide bonds. The lowest BCUT2D eigenvalue weighted by Crippen LogP contribution is -2.63. The number of carbonyl (C=O) groups excluding carboxylic acids is 3. The van der Waals surface area contributed by atoms with E-state index in [2.05, 4.69) is 53.1 Å². The minimum absolute atomic E-state index is 0.0547. The molecule has 50 heavy (non-hydrogen) atoms. The first-order chi connectivity index (χ1) is 24.3. The topological polar surface area (TPSA) is 108 Å². The van der Waals surface area contributed by atoms with Crippen LogP contribution in [0.3, 0.4) is 0 Å². The average molecular weight is 715 g/mol. The predicted molar refractivity (Wildman–Crippen MR) is 200 cm³/mol. The molecule has 4 aromatic rings. The summed E-state index contributed by atoms with van der Waals surface area (Å²) in [5.41, 5.74) is 8.80. The summed E-state index contributed by atoms with van der Waals surface area (Å²) in [6.07, 6.45) is 4.29. The Balaban J connectivity index is 1.19. The van der Waals surface area contributed by atoms with Crippen LogP contribution in [-0.2, 0) is 27.2 Å². The minimum atomic E-state index is -0.923. The van der Waals surface area contributed by atoms with E-state index >= 15 is 0 Å². The first-order valence-electron chi connectivity index (χ1n) is 17.6. The van der Waals surface area contributed by atoms with Gasteiger partial charge < -0.3 is 20.9 Å². The summed E-state index contributed by atoms with van der Waals surface area (Å²) in [6, 6.07) is 27.9. The maximum atomic E-state index is 14.5. The molecule has 6 rings (SSSR count). The number of benzene rings is 4. The van der Waals surface area contributed by atoms with Gasteiger partial charge in [0.25, 0.3) is 0 Å². The summed E-state index contributed by atoms with van der Waals surface area (Å²) < 4.78 is 0. The zero-order valence-corrected chi connectivity index (χ0v) is 29.7. The normalized spacial score (nSPS) is 19.9. The van der Waals surface area contributed by atoms with Crippen molar-refractivity contribution in [2.45, 2.75) is 69.1 Å². The molecule has 0 saturated carbocycles. The van der Waals surface area contributed by atoms with Gasteiger partial charge in [0.1, 0.15) is 12.1 Å². The van der Waals surface area contributed by atoms with E-state index in [1.165, 1.54) is 10.8 Å². The molecule has 2 fully saturated rings. The first-order valence-corrected chi connectivity index (χ1v) is 18.4. The Kier molecular flexibility index (Phi) is 12.1. The Morgan fingerprint density at radius 2 is 1.68 bits per heavy atom. The molecule has 0 aliphatic carbocycles. The van der Waals surface area contributed by atoms with Crippen molar-refractivity contribution in [3.05, 3.63) is 118 Å². The van der Waals surface area contributed by atoms with Gasteiger partial charge in [0.05, 0.1) is 6.04 Å². The van der Waals surface area contributed by atoms with Crippen LogP contribution in [0, 0.1) is 0 Å². The summed E-state index contributed by atoms with van der Waals surface area (Å²) in [7, 11) is 0. The van der Waals surface area contributed by atoms with Gasteiger partial charge in [-0.15, -0.1) is 0 Å². The number of unbranched alkanes of at least 4 members (excludes halogenated alkanes) is 1. The lowest BCUT2D eigenvalue weighted by molar-refractivity contribution is -0.153. The Bertz CT molecular complexity index is 1800. The molecule has 4 N–H and O–H groups in total. The highest BCUT2D eigenvalue weighted by atomic mass is 35.5. The van der Waals surface area contributed by atoms with E-state index < -0.39 is 18.1 Å². The van der Waals surface area contributed by atoms with Gasteiger partial charge in [0, 0.05) is 42.1 Å². The lowest BCUT2D eigenvalue weighted by atomic mass is 9.98. The fourth-order valence-electron chi connectivity index (χ4n) is 7.22. The Hall–Kier alpha value is -3.95. The van der Waals surface area contributed by atoms with Crippen LogP contribution >= 0.6 is 23.2 Å². The van der Waals surface area contributed by atoms with Gasteiger partial charge in [0.2, 0.25) is 17.7 Å². The zero-order chi connectivity index (χ0) is 35.0. The second-order valence-corrected chi connectivity index (χ2v) is 14.2. The fraction of sp³-hybridized carbons (Fsp3) is 0.375. The van der Waals surface area contributed by atoms with E-state index in [-0.39, 0.29) is 30.2 Å². The van der Waals surface area contributed by atoms with E-state index in [1.807, 2.05) is 35.2 Å². The van der Waals surface area contributed by atoms with Crippen molar-refractivity contribution in [3.63, 3.8) is 0 Å². The van der Waals surface area contributed by atoms with Crippen molar-refractivity contribution in [3.8, 4) is 0 Å². The number of hydrogen-bond donors (Lipinski definition) is 3. The molecule has 262 valence electrons. The molecule has 2 aliphatic rings. The third kappa shape index (κ3) is 8.67. The number of halogens is 2. The van der Waals surface area contributed by atoms with E-state index in [1.54, 1.807) is 23.1 Å². The number of amides is 3. The molecule has 2 unspecified atom stereocenters. The molecule has 10 heteroatoms. The van der Waals surface area contributed by atoms with Crippen molar-refractivity contribution >= 4 is 51.7 Å². The molecule has 2 aliphatic heterocycles. The van der Waals surface area contributed by atoms with Crippen molar-refractivity contribution in [1.82, 2.24) is 20.4 Å². The third-order valence-corrected chi connectivity index (χ3v) is 10.6. The summed E-state index contributed by atoms with van der Waals surface area (Å²) in [4.78, 5) is 46.0. The Morgan fingerprint density at radius 3 is 2.46 bits per heavy atom. The predicted octanol–water partition coefficient (Wildman–Crippen LogP) is 6.08. The molecule has 0 bridgehead atoms. The van der Waals surface area contributed by atoms with Crippen LogP contribution in [0.25, 0.3) is 10.8 Å². The van der Waals surface area contributed by atoms with Gasteiger partial charge in [-0.25, -0.2) is 0 Å². The molecule has 0 spiro atoms. The van der Waals surface area contributed by atoms with Gasteiger partial charge in [-0.1, -0.05) is 102 Å². The molecule has 8 nitrogen and oxygen atoms in total. The highest BCUT2D eigenvalue weighted by Gasteiger charge is 2.40. The van der Waals surface area contributed by atoms with Crippen molar-refractivity contribution in [2.24, 2.45) is 5.73 Å². The van der Waals surface area contributed by atoms with Gasteiger partial charge >= 0.3 is 0 Å². The van der Waals surface area contributed by atoms with Gasteiger partial charge in [-0.05, 0) is 84.7 Å². The number of nitrogens with two attached hydrogens (primary N) is 1. The zero-order valence-electron chi connectivity index (χ0n) is 28.2. The number of piperazine rings is 1. The van der Waals surface area contributed by atoms with E-state index in [0.717, 1.165) is 24.0 Å². The molecule has 0 radical (unpaired) electrons. The van der Waals surface area contributed by atoms with Crippen LogP contribution in [0.4, 0.5) is 0 Å². The van der Waals surface area contributed by atoms with Crippen molar-refractivity contribution < 1.29 is 14.4 Å². The molecular formula is C40H45Cl2N5O3. The van der Waals surface area contributed by atoms with Crippen molar-refractivity contribution in [2.75, 3.05) is 26.2 Å². The quantitative estimate of drug-likeness (QED) is 0.146. The summed E-state index contributed by atoms with van der Waals surface area (Å²) in [6.45, 7) is 1.85. The number of fused-ring (bicyclic) bond motifs is 1. The van der Waals surface area contributed by atoms with Crippen LogP contribution < -0.4 is 16.4 Å². The second kappa shape index (κ2) is 16.8. The van der Waals surface area contributed by atoms with Gasteiger partial charge in [0.15, 0.2) is 0 Å². The summed E-state index contributed by atoms with van der Waals surface area (Å²) in [5.74, 6) is -0.602. The standard InChI is InChI=1S/C40H45Cl2N5O3/c41-32-16-15-31(33(42)26-32)25-36(45-38(48)35-18-17-34(44-35)29-9-2-1-3-10-29)39(49)47-23-22-46(40(50)37(47)12-6-7-20-43)21-19-27-13-14-28-8-4-5-11-30(28)24-27/h1-5,8-11,13-16,24,26,34-37,44H,6-7,12,17-23,25,43H2,(H,45,48)/t34?,35?,36-,37+/m1/s1. The molecular weight excluding hydrogens is 669 g/mol. The number of nitrogens with zero attached hydrogens (tertiary/aromatic N) is 2. The fourth-order valence-corrected chi connectivity index (χ4v) is 7.71. The summed E-state index contributed by atoms with van der Waals surface area (Å²) >= 11 is 12.8. The molecule has 4 atom stereocenters. The summed E-state index contributed by atoms with van der Waals surface area (Å²) in [5, 5.41) is 9.77. The Labute approximate surface area is 304 Å². The van der Waals surface area contributed by atoms with E-state index in [9.17, 15) is 14.4 Å². The number of hydrogen-bond acceptors (Lipinski definition) is 5. The maximum Gasteiger partial charge on any atom is 0.246 e. The number of nitrogens with one attached hydrogen (secondary N) is 2. The first kappa shape index (κ1) is 35.9. The SMILES string of the molecule is NCCCC[C@H]1C(=O)N(CCc2ccc3ccccc3c2)CCN1C(=O)[C@@H](Cc1ccc(Cl)cc1Cl)NC(=O)C1CCC(c2ccccc2)N1. The van der Waals surface area contributed by atoms with E-state index in [0.29, 0.717) is 67.5 Å². The highest BCUT2D eigenvalue weighted by molar-refractivity contribution is 6.35. The molecule has 4 aromatic carbocycles. The molecule has 2 saturated heterocycles. The van der Waals surface area contributed by atoms with Crippen LogP contribution in [0.15, 0.2) is 91.0 Å². The van der Waals surface area contributed by atoms with Crippen LogP contribution in [-0.4, -0.2) is 71.8 Å². The highest BCUT2D eigenvalue weighted by Crippen LogP contribution is 2.28. The third-order valence-electron chi connectivity index (χ3n) is 10.0. The smallest absolute Gasteiger partial charge is 0.246 e. The van der Waals surface area contributed by atoms with Crippen LogP contribution in [0.1, 0.15) is 54.8 Å². The average Bonchev–Trinajstić information content (AvgIpc) is 3.63. The van der Waals surface area contributed by atoms with E-state index in [4.69, 9.17) is 28.9 Å². The molecule has 0 aromatic heterocycles. The van der Waals surface area contributed by atoms with Crippen LogP contribution in [0.5, 0.6) is 0 Å². The Morgan fingerprint density at radius 1 is 0.900 bits per heavy atom. The maximum absolute atomic E-state index is 14.5. The minimum Gasteiger partial charge on any atom is -0.343 e. The number of rotatable bonds is 13.